The Balaban J connectivity index is 1.65. The molecule has 2 atom stereocenters. The summed E-state index contributed by atoms with van der Waals surface area (Å²) >= 11 is 0. The molecule has 1 aromatic rings. The zero-order valence-electron chi connectivity index (χ0n) is 27.2. The maximum absolute atomic E-state index is 14.6. The highest BCUT2D eigenvalue weighted by Crippen LogP contribution is 2.29. The van der Waals surface area contributed by atoms with Crippen molar-refractivity contribution in [2.24, 2.45) is 11.8 Å². The van der Waals surface area contributed by atoms with Crippen molar-refractivity contribution in [3.63, 3.8) is 0 Å². The topological polar surface area (TPSA) is 106 Å². The number of methoxy groups -OCH3 is 1. The molecule has 0 aromatic carbocycles. The lowest BCUT2D eigenvalue weighted by atomic mass is 9.91. The molecule has 1 aliphatic carbocycles. The van der Waals surface area contributed by atoms with Gasteiger partial charge in [-0.25, -0.2) is 9.78 Å². The largest absolute Gasteiger partial charge is 0.444 e. The molecule has 1 aromatic heterocycles. The van der Waals surface area contributed by atoms with E-state index in [0.717, 1.165) is 50.8 Å². The number of ether oxygens (including phenoxy) is 3. The smallest absolute Gasteiger partial charge is 0.410 e. The molecule has 2 saturated heterocycles. The second-order valence-electron chi connectivity index (χ2n) is 13.6. The van der Waals surface area contributed by atoms with E-state index in [2.05, 4.69) is 18.4 Å². The Bertz CT molecular complexity index is 1110. The molecule has 2 aliphatic heterocycles. The van der Waals surface area contributed by atoms with Crippen LogP contribution < -0.4 is 0 Å². The van der Waals surface area contributed by atoms with Gasteiger partial charge in [0.1, 0.15) is 5.60 Å². The Hall–Kier alpha value is -2.66. The van der Waals surface area contributed by atoms with Crippen LogP contribution in [0.2, 0.25) is 0 Å². The fourth-order valence-corrected chi connectivity index (χ4v) is 6.44. The number of hydrogen-bond acceptors (Lipinski definition) is 7. The van der Waals surface area contributed by atoms with E-state index < -0.39 is 17.6 Å². The van der Waals surface area contributed by atoms with E-state index in [1.54, 1.807) is 12.0 Å². The molecule has 3 heterocycles. The first kappa shape index (κ1) is 33.2. The third-order valence-corrected chi connectivity index (χ3v) is 8.42. The van der Waals surface area contributed by atoms with E-state index in [9.17, 15) is 14.4 Å². The number of likely N-dealkylation sites (tertiary alicyclic amines) is 1. The molecule has 0 N–H and O–H groups in total. The molecule has 11 heteroatoms. The van der Waals surface area contributed by atoms with Crippen molar-refractivity contribution in [1.29, 1.82) is 0 Å². The van der Waals surface area contributed by atoms with E-state index in [0.29, 0.717) is 58.2 Å². The number of amides is 3. The van der Waals surface area contributed by atoms with Gasteiger partial charge >= 0.3 is 6.09 Å². The van der Waals surface area contributed by atoms with Gasteiger partial charge in [0, 0.05) is 58.7 Å². The lowest BCUT2D eigenvalue weighted by Gasteiger charge is -2.44. The highest BCUT2D eigenvalue weighted by Gasteiger charge is 2.42. The van der Waals surface area contributed by atoms with Crippen LogP contribution in [0.25, 0.3) is 0 Å². The quantitative estimate of drug-likeness (QED) is 0.375. The van der Waals surface area contributed by atoms with Crippen molar-refractivity contribution < 1.29 is 28.6 Å². The molecule has 4 rings (SSSR count). The number of nitrogens with zero attached hydrogens (tertiary/aromatic N) is 5. The first-order valence-electron chi connectivity index (χ1n) is 16.2. The summed E-state index contributed by atoms with van der Waals surface area (Å²) in [6.45, 7) is 14.3. The summed E-state index contributed by atoms with van der Waals surface area (Å²) in [6.07, 6.45) is 5.83. The van der Waals surface area contributed by atoms with Crippen molar-refractivity contribution in [3.8, 4) is 0 Å². The molecule has 0 radical (unpaired) electrons. The van der Waals surface area contributed by atoms with E-state index >= 15 is 0 Å². The van der Waals surface area contributed by atoms with Gasteiger partial charge < -0.3 is 33.5 Å². The number of imidazole rings is 1. The molecule has 0 spiro atoms. The highest BCUT2D eigenvalue weighted by atomic mass is 16.6. The summed E-state index contributed by atoms with van der Waals surface area (Å²) in [4.78, 5) is 52.0. The number of morpholine rings is 1. The number of aryl methyl sites for hydroxylation is 1. The lowest BCUT2D eigenvalue weighted by Crippen LogP contribution is -2.58. The number of unbranched alkanes of at least 4 members (excludes halogenated alkanes) is 1. The fourth-order valence-electron chi connectivity index (χ4n) is 6.44. The minimum Gasteiger partial charge on any atom is -0.444 e. The minimum atomic E-state index is -0.673. The number of rotatable bonds is 10. The maximum Gasteiger partial charge on any atom is 0.410 e. The monoisotopic (exact) mass is 603 g/mol. The van der Waals surface area contributed by atoms with Gasteiger partial charge in [0.2, 0.25) is 5.91 Å². The first-order chi connectivity index (χ1) is 20.5. The van der Waals surface area contributed by atoms with Crippen LogP contribution in [0.15, 0.2) is 0 Å². The highest BCUT2D eigenvalue weighted by molar-refractivity contribution is 5.91. The van der Waals surface area contributed by atoms with Crippen LogP contribution in [0.5, 0.6) is 0 Å². The van der Waals surface area contributed by atoms with Crippen LogP contribution in [0.4, 0.5) is 4.79 Å². The second kappa shape index (κ2) is 14.9. The second-order valence-corrected chi connectivity index (χ2v) is 13.6. The van der Waals surface area contributed by atoms with Crippen LogP contribution in [0.3, 0.4) is 0 Å². The molecule has 3 aliphatic rings. The van der Waals surface area contributed by atoms with Gasteiger partial charge in [-0.2, -0.15) is 0 Å². The van der Waals surface area contributed by atoms with Gasteiger partial charge in [0.05, 0.1) is 30.9 Å². The molecular formula is C32H53N5O6. The van der Waals surface area contributed by atoms with Crippen molar-refractivity contribution in [3.05, 3.63) is 17.2 Å². The Morgan fingerprint density at radius 2 is 1.77 bits per heavy atom. The Morgan fingerprint density at radius 1 is 1.05 bits per heavy atom. The normalized spacial score (nSPS) is 21.1. The van der Waals surface area contributed by atoms with Crippen molar-refractivity contribution in [2.45, 2.75) is 97.8 Å². The maximum atomic E-state index is 14.6. The molecular weight excluding hydrogens is 550 g/mol. The van der Waals surface area contributed by atoms with Gasteiger partial charge in [-0.05, 0) is 71.6 Å². The first-order valence-corrected chi connectivity index (χ1v) is 16.2. The van der Waals surface area contributed by atoms with Gasteiger partial charge in [-0.1, -0.05) is 13.8 Å². The third-order valence-electron chi connectivity index (χ3n) is 8.42. The fraction of sp³-hybridized carbons (Fsp3) is 0.812. The predicted octanol–water partition coefficient (Wildman–Crippen LogP) is 3.77. The van der Waals surface area contributed by atoms with Crippen LogP contribution in [-0.4, -0.2) is 113 Å². The summed E-state index contributed by atoms with van der Waals surface area (Å²) in [5, 5.41) is 0. The van der Waals surface area contributed by atoms with Crippen molar-refractivity contribution in [1.82, 2.24) is 24.3 Å². The average molecular weight is 604 g/mol. The number of hydrogen-bond donors (Lipinski definition) is 0. The number of carbonyl (C=O) groups excluding carboxylic acids is 3. The van der Waals surface area contributed by atoms with Gasteiger partial charge in [-0.15, -0.1) is 0 Å². The molecule has 1 unspecified atom stereocenters. The standard InChI is InChI=1S/C32H53N5O6/c1-23(2)20-37(30(39)28-33-26-11-7-8-12-27(26)36(28)13-9-10-16-41-6)25-19-24(29(38)34-14-17-42-18-15-34)21-35(22-25)31(40)43-32(3,4)5/h23-25H,7-22H2,1-6H3/t24?,25-/m0/s1. The zero-order chi connectivity index (χ0) is 31.1. The van der Waals surface area contributed by atoms with Gasteiger partial charge in [0.25, 0.3) is 5.91 Å². The number of carbonyl (C=O) groups is 3. The van der Waals surface area contributed by atoms with Gasteiger partial charge in [-0.3, -0.25) is 9.59 Å². The Labute approximate surface area is 257 Å². The summed E-state index contributed by atoms with van der Waals surface area (Å²) in [6, 6.07) is -0.346. The van der Waals surface area contributed by atoms with Gasteiger partial charge in [0.15, 0.2) is 5.82 Å². The summed E-state index contributed by atoms with van der Waals surface area (Å²) in [7, 11) is 1.71. The average Bonchev–Trinajstić information content (AvgIpc) is 3.35. The van der Waals surface area contributed by atoms with E-state index in [1.165, 1.54) is 5.69 Å². The molecule has 242 valence electrons. The van der Waals surface area contributed by atoms with Crippen molar-refractivity contribution in [2.75, 3.05) is 59.7 Å². The van der Waals surface area contributed by atoms with Crippen LogP contribution in [0.1, 0.15) is 88.7 Å². The Kier molecular flexibility index (Phi) is 11.5. The predicted molar refractivity (Wildman–Crippen MR) is 163 cm³/mol. The molecule has 43 heavy (non-hydrogen) atoms. The molecule has 11 nitrogen and oxygen atoms in total. The van der Waals surface area contributed by atoms with Crippen LogP contribution in [-0.2, 0) is 38.4 Å². The number of fused-ring (bicyclic) bond motifs is 1. The number of piperidine rings is 1. The molecule has 0 bridgehead atoms. The zero-order valence-corrected chi connectivity index (χ0v) is 27.2. The summed E-state index contributed by atoms with van der Waals surface area (Å²) in [5.41, 5.74) is 1.54. The third kappa shape index (κ3) is 8.71. The molecule has 2 fully saturated rings. The molecule has 0 saturated carbocycles. The van der Waals surface area contributed by atoms with Crippen LogP contribution in [0, 0.1) is 11.8 Å². The van der Waals surface area contributed by atoms with E-state index in [-0.39, 0.29) is 30.3 Å². The summed E-state index contributed by atoms with van der Waals surface area (Å²) < 4.78 is 18.6. The molecule has 3 amide bonds. The van der Waals surface area contributed by atoms with E-state index in [1.807, 2.05) is 30.6 Å². The number of aromatic nitrogens is 2. The Morgan fingerprint density at radius 3 is 2.44 bits per heavy atom. The summed E-state index contributed by atoms with van der Waals surface area (Å²) in [5.74, 6) is 0.121. The van der Waals surface area contributed by atoms with E-state index in [4.69, 9.17) is 19.2 Å². The van der Waals surface area contributed by atoms with Crippen LogP contribution >= 0.6 is 0 Å². The lowest BCUT2D eigenvalue weighted by molar-refractivity contribution is -0.142. The SMILES string of the molecule is COCCCCn1c(C(=O)N(CC(C)C)[C@H]2CC(C(=O)N3CCOCC3)CN(C(=O)OC(C)(C)C)C2)nc2c1CCCC2. The minimum absolute atomic E-state index is 0.00797. The van der Waals surface area contributed by atoms with Crippen molar-refractivity contribution >= 4 is 17.9 Å².